The van der Waals surface area contributed by atoms with Gasteiger partial charge in [-0.05, 0) is 55.5 Å². The zero-order chi connectivity index (χ0) is 15.0. The number of hydrogen-bond donors (Lipinski definition) is 1. The number of ether oxygens (including phenoxy) is 1. The molecular weight excluding hydrogens is 264 g/mol. The predicted molar refractivity (Wildman–Crippen MR) is 81.8 cm³/mol. The van der Waals surface area contributed by atoms with E-state index in [1.165, 1.54) is 0 Å². The third kappa shape index (κ3) is 2.57. The predicted octanol–water partition coefficient (Wildman–Crippen LogP) is 2.73. The van der Waals surface area contributed by atoms with Gasteiger partial charge in [-0.15, -0.1) is 0 Å². The molecule has 0 saturated heterocycles. The van der Waals surface area contributed by atoms with Gasteiger partial charge in [0.2, 0.25) is 0 Å². The van der Waals surface area contributed by atoms with Gasteiger partial charge >= 0.3 is 0 Å². The number of carbonyl (C=O) groups is 1. The molecule has 108 valence electrons. The van der Waals surface area contributed by atoms with Crippen LogP contribution < -0.4 is 10.1 Å². The summed E-state index contributed by atoms with van der Waals surface area (Å²) in [6.45, 7) is 3.54. The minimum Gasteiger partial charge on any atom is -0.455 e. The Labute approximate surface area is 124 Å². The van der Waals surface area contributed by atoms with Crippen LogP contribution in [0.5, 0.6) is 5.75 Å². The number of Topliss-reactive ketones (excluding diaryl/α,β-unsaturated/α-hetero) is 1. The molecule has 2 aliphatic rings. The first-order valence-electron chi connectivity index (χ1n) is 6.92. The van der Waals surface area contributed by atoms with Crippen molar-refractivity contribution in [1.29, 1.82) is 0 Å². The highest BCUT2D eigenvalue weighted by atomic mass is 16.5. The molecule has 1 N–H and O–H groups in total. The fourth-order valence-corrected chi connectivity index (χ4v) is 2.57. The average Bonchev–Trinajstić information content (AvgIpc) is 2.87. The fraction of sp³-hybridized carbons (Fsp3) is 0.235. The monoisotopic (exact) mass is 282 g/mol. The first kappa shape index (κ1) is 13.5. The largest absolute Gasteiger partial charge is 0.455 e. The quantitative estimate of drug-likeness (QED) is 0.866. The number of nitrogens with zero attached hydrogens (tertiary/aromatic N) is 1. The summed E-state index contributed by atoms with van der Waals surface area (Å²) in [7, 11) is 1.99. The lowest BCUT2D eigenvalue weighted by atomic mass is 10.1. The van der Waals surface area contributed by atoms with E-state index in [1.807, 2.05) is 61.6 Å². The SMILES string of the molecule is CC(=O)c1ccc(C)cc1OC1=CN(C)C2NC=CC2=C1. The molecule has 2 heterocycles. The van der Waals surface area contributed by atoms with Crippen LogP contribution in [0.2, 0.25) is 0 Å². The maximum absolute atomic E-state index is 11.7. The third-order valence-electron chi connectivity index (χ3n) is 3.64. The molecule has 0 aromatic heterocycles. The molecule has 2 aliphatic heterocycles. The van der Waals surface area contributed by atoms with Crippen LogP contribution in [0, 0.1) is 6.92 Å². The Balaban J connectivity index is 1.92. The van der Waals surface area contributed by atoms with Crippen molar-refractivity contribution in [3.63, 3.8) is 0 Å². The second-order valence-electron chi connectivity index (χ2n) is 5.40. The van der Waals surface area contributed by atoms with Crippen molar-refractivity contribution < 1.29 is 9.53 Å². The average molecular weight is 282 g/mol. The van der Waals surface area contributed by atoms with Crippen LogP contribution in [0.1, 0.15) is 22.8 Å². The molecule has 0 aliphatic carbocycles. The second-order valence-corrected chi connectivity index (χ2v) is 5.40. The molecule has 3 rings (SSSR count). The summed E-state index contributed by atoms with van der Waals surface area (Å²) >= 11 is 0. The first-order valence-corrected chi connectivity index (χ1v) is 6.92. The van der Waals surface area contributed by atoms with E-state index in [9.17, 15) is 4.79 Å². The van der Waals surface area contributed by atoms with E-state index in [0.717, 1.165) is 16.9 Å². The molecule has 0 amide bonds. The van der Waals surface area contributed by atoms with Gasteiger partial charge in [-0.25, -0.2) is 0 Å². The number of benzene rings is 1. The number of carbonyl (C=O) groups excluding carboxylic acids is 1. The van der Waals surface area contributed by atoms with E-state index in [1.54, 1.807) is 6.92 Å². The molecular formula is C17H18N2O2. The van der Waals surface area contributed by atoms with Crippen LogP contribution in [0.4, 0.5) is 0 Å². The number of rotatable bonds is 3. The Hall–Kier alpha value is -2.49. The van der Waals surface area contributed by atoms with Gasteiger partial charge in [-0.3, -0.25) is 4.79 Å². The lowest BCUT2D eigenvalue weighted by molar-refractivity contribution is 0.101. The summed E-state index contributed by atoms with van der Waals surface area (Å²) in [5.74, 6) is 1.33. The maximum Gasteiger partial charge on any atom is 0.163 e. The molecule has 4 heteroatoms. The first-order chi connectivity index (χ1) is 10.0. The van der Waals surface area contributed by atoms with Crippen molar-refractivity contribution in [2.24, 2.45) is 0 Å². The van der Waals surface area contributed by atoms with Crippen LogP contribution in [0.15, 0.2) is 54.1 Å². The van der Waals surface area contributed by atoms with E-state index in [4.69, 9.17) is 4.74 Å². The second kappa shape index (κ2) is 5.13. The molecule has 1 aromatic rings. The van der Waals surface area contributed by atoms with Crippen LogP contribution in [-0.2, 0) is 0 Å². The van der Waals surface area contributed by atoms with E-state index in [0.29, 0.717) is 11.3 Å². The molecule has 4 nitrogen and oxygen atoms in total. The zero-order valence-corrected chi connectivity index (χ0v) is 12.4. The van der Waals surface area contributed by atoms with Crippen LogP contribution >= 0.6 is 0 Å². The number of fused-ring (bicyclic) bond motifs is 1. The van der Waals surface area contributed by atoms with E-state index < -0.39 is 0 Å². The van der Waals surface area contributed by atoms with Crippen molar-refractivity contribution in [2.75, 3.05) is 7.05 Å². The van der Waals surface area contributed by atoms with Crippen molar-refractivity contribution in [2.45, 2.75) is 20.0 Å². The highest BCUT2D eigenvalue weighted by Crippen LogP contribution is 2.27. The molecule has 1 aromatic carbocycles. The minimum absolute atomic E-state index is 0.00252. The summed E-state index contributed by atoms with van der Waals surface area (Å²) in [6, 6.07) is 5.63. The van der Waals surface area contributed by atoms with Gasteiger partial charge in [-0.1, -0.05) is 6.07 Å². The Morgan fingerprint density at radius 1 is 1.38 bits per heavy atom. The standard InChI is InChI=1S/C17H18N2O2/c1-11-4-5-15(12(2)20)16(8-11)21-14-9-13-6-7-18-17(13)19(3)10-14/h4-10,17-18H,1-3H3. The molecule has 1 atom stereocenters. The topological polar surface area (TPSA) is 41.6 Å². The normalized spacial score (nSPS) is 19.6. The van der Waals surface area contributed by atoms with E-state index >= 15 is 0 Å². The molecule has 0 fully saturated rings. The number of ketones is 1. The Morgan fingerprint density at radius 3 is 2.95 bits per heavy atom. The van der Waals surface area contributed by atoms with Gasteiger partial charge in [-0.2, -0.15) is 0 Å². The molecule has 0 bridgehead atoms. The van der Waals surface area contributed by atoms with Gasteiger partial charge in [0.05, 0.1) is 5.56 Å². The van der Waals surface area contributed by atoms with Gasteiger partial charge in [0.1, 0.15) is 17.7 Å². The van der Waals surface area contributed by atoms with Crippen LogP contribution in [0.25, 0.3) is 0 Å². The summed E-state index contributed by atoms with van der Waals surface area (Å²) in [4.78, 5) is 13.8. The van der Waals surface area contributed by atoms with E-state index in [-0.39, 0.29) is 11.9 Å². The molecule has 0 saturated carbocycles. The number of likely N-dealkylation sites (N-methyl/N-ethyl adjacent to an activating group) is 1. The molecule has 1 unspecified atom stereocenters. The lowest BCUT2D eigenvalue weighted by Gasteiger charge is -2.29. The van der Waals surface area contributed by atoms with Gasteiger partial charge in [0.25, 0.3) is 0 Å². The number of aryl methyl sites for hydroxylation is 1. The minimum atomic E-state index is 0.00252. The van der Waals surface area contributed by atoms with Crippen molar-refractivity contribution in [3.8, 4) is 5.75 Å². The van der Waals surface area contributed by atoms with Gasteiger partial charge < -0.3 is 15.0 Å². The highest BCUT2D eigenvalue weighted by molar-refractivity contribution is 5.96. The third-order valence-corrected chi connectivity index (χ3v) is 3.64. The number of allylic oxidation sites excluding steroid dienone is 1. The van der Waals surface area contributed by atoms with Gasteiger partial charge in [0, 0.05) is 13.2 Å². The highest BCUT2D eigenvalue weighted by Gasteiger charge is 2.24. The van der Waals surface area contributed by atoms with Crippen LogP contribution in [0.3, 0.4) is 0 Å². The molecule has 21 heavy (non-hydrogen) atoms. The molecule has 0 spiro atoms. The Kier molecular flexibility index (Phi) is 3.29. The lowest BCUT2D eigenvalue weighted by Crippen LogP contribution is -2.38. The summed E-state index contributed by atoms with van der Waals surface area (Å²) < 4.78 is 5.97. The number of nitrogens with one attached hydrogen (secondary N) is 1. The van der Waals surface area contributed by atoms with E-state index in [2.05, 4.69) is 5.32 Å². The summed E-state index contributed by atoms with van der Waals surface area (Å²) in [6.07, 6.45) is 8.05. The fourth-order valence-electron chi connectivity index (χ4n) is 2.57. The summed E-state index contributed by atoms with van der Waals surface area (Å²) in [5.41, 5.74) is 2.81. The number of hydrogen-bond acceptors (Lipinski definition) is 4. The van der Waals surface area contributed by atoms with Gasteiger partial charge in [0.15, 0.2) is 5.78 Å². The molecule has 0 radical (unpaired) electrons. The van der Waals surface area contributed by atoms with Crippen molar-refractivity contribution in [3.05, 3.63) is 65.2 Å². The van der Waals surface area contributed by atoms with Crippen molar-refractivity contribution in [1.82, 2.24) is 10.2 Å². The zero-order valence-electron chi connectivity index (χ0n) is 12.4. The van der Waals surface area contributed by atoms with Crippen molar-refractivity contribution >= 4 is 5.78 Å². The Morgan fingerprint density at radius 2 is 2.19 bits per heavy atom. The maximum atomic E-state index is 11.7. The van der Waals surface area contributed by atoms with Crippen LogP contribution in [-0.4, -0.2) is 23.9 Å². The smallest absolute Gasteiger partial charge is 0.163 e. The Bertz CT molecular complexity index is 686. The summed E-state index contributed by atoms with van der Waals surface area (Å²) in [5, 5.41) is 3.25.